The second-order valence-electron chi connectivity index (χ2n) is 5.16. The third-order valence-electron chi connectivity index (χ3n) is 3.11. The summed E-state index contributed by atoms with van der Waals surface area (Å²) in [6, 6.07) is 6.92. The van der Waals surface area contributed by atoms with Crippen molar-refractivity contribution >= 4 is 29.1 Å². The monoisotopic (exact) mass is 320 g/mol. The van der Waals surface area contributed by atoms with Crippen LogP contribution in [0.15, 0.2) is 24.3 Å². The maximum absolute atomic E-state index is 12.0. The van der Waals surface area contributed by atoms with Gasteiger partial charge in [-0.15, -0.1) is 0 Å². The summed E-state index contributed by atoms with van der Waals surface area (Å²) in [5, 5.41) is 8.18. The molecule has 0 saturated heterocycles. The molecule has 1 aromatic carbocycles. The lowest BCUT2D eigenvalue weighted by Crippen LogP contribution is -2.38. The number of likely N-dealkylation sites (N-methyl/N-ethyl adjacent to an activating group) is 1. The molecule has 0 radical (unpaired) electrons. The van der Waals surface area contributed by atoms with Crippen molar-refractivity contribution in [3.8, 4) is 0 Å². The zero-order chi connectivity index (χ0) is 17.2. The SMILES string of the molecule is CCN(CCNC(C)=O)CC(=O)Nc1ccc(NC(C)=O)cc1. The molecule has 0 heterocycles. The zero-order valence-electron chi connectivity index (χ0n) is 13.8. The summed E-state index contributed by atoms with van der Waals surface area (Å²) in [5.74, 6) is -0.341. The van der Waals surface area contributed by atoms with Gasteiger partial charge in [-0.2, -0.15) is 0 Å². The molecule has 0 aliphatic heterocycles. The second-order valence-corrected chi connectivity index (χ2v) is 5.16. The van der Waals surface area contributed by atoms with E-state index in [1.165, 1.54) is 13.8 Å². The Kier molecular flexibility index (Phi) is 7.76. The first-order valence-corrected chi connectivity index (χ1v) is 7.55. The largest absolute Gasteiger partial charge is 0.355 e. The Hall–Kier alpha value is -2.41. The van der Waals surface area contributed by atoms with Gasteiger partial charge in [0.05, 0.1) is 6.54 Å². The Morgan fingerprint density at radius 2 is 1.52 bits per heavy atom. The minimum absolute atomic E-state index is 0.0789. The maximum atomic E-state index is 12.0. The molecule has 0 fully saturated rings. The highest BCUT2D eigenvalue weighted by Gasteiger charge is 2.09. The summed E-state index contributed by atoms with van der Waals surface area (Å²) in [5.41, 5.74) is 1.35. The van der Waals surface area contributed by atoms with E-state index in [2.05, 4.69) is 16.0 Å². The van der Waals surface area contributed by atoms with Gasteiger partial charge in [0.25, 0.3) is 0 Å². The van der Waals surface area contributed by atoms with E-state index in [1.807, 2.05) is 11.8 Å². The molecule has 7 nitrogen and oxygen atoms in total. The molecule has 7 heteroatoms. The van der Waals surface area contributed by atoms with E-state index in [9.17, 15) is 14.4 Å². The van der Waals surface area contributed by atoms with E-state index in [4.69, 9.17) is 0 Å². The number of hydrogen-bond acceptors (Lipinski definition) is 4. The lowest BCUT2D eigenvalue weighted by atomic mass is 10.2. The average Bonchev–Trinajstić information content (AvgIpc) is 2.47. The summed E-state index contributed by atoms with van der Waals surface area (Å²) in [6.45, 7) is 6.97. The molecule has 3 N–H and O–H groups in total. The topological polar surface area (TPSA) is 90.5 Å². The Balaban J connectivity index is 2.44. The number of benzene rings is 1. The lowest BCUT2D eigenvalue weighted by Gasteiger charge is -2.19. The fourth-order valence-corrected chi connectivity index (χ4v) is 1.98. The smallest absolute Gasteiger partial charge is 0.238 e. The Morgan fingerprint density at radius 3 is 2.00 bits per heavy atom. The van der Waals surface area contributed by atoms with Crippen LogP contribution in [0.25, 0.3) is 0 Å². The second kappa shape index (κ2) is 9.58. The molecular weight excluding hydrogens is 296 g/mol. The number of carbonyl (C=O) groups is 3. The van der Waals surface area contributed by atoms with Crippen LogP contribution in [0.4, 0.5) is 11.4 Å². The summed E-state index contributed by atoms with van der Waals surface area (Å²) in [7, 11) is 0. The highest BCUT2D eigenvalue weighted by Crippen LogP contribution is 2.13. The van der Waals surface area contributed by atoms with Crippen LogP contribution in [0, 0.1) is 0 Å². The molecule has 1 rings (SSSR count). The molecule has 0 aromatic heterocycles. The first kappa shape index (κ1) is 18.6. The van der Waals surface area contributed by atoms with Crippen molar-refractivity contribution in [2.45, 2.75) is 20.8 Å². The van der Waals surface area contributed by atoms with Gasteiger partial charge >= 0.3 is 0 Å². The highest BCUT2D eigenvalue weighted by molar-refractivity contribution is 5.93. The minimum atomic E-state index is -0.139. The summed E-state index contributed by atoms with van der Waals surface area (Å²) in [6.07, 6.45) is 0. The Morgan fingerprint density at radius 1 is 0.957 bits per heavy atom. The fourth-order valence-electron chi connectivity index (χ4n) is 1.98. The van der Waals surface area contributed by atoms with Crippen molar-refractivity contribution in [1.29, 1.82) is 0 Å². The molecule has 23 heavy (non-hydrogen) atoms. The number of carbonyl (C=O) groups excluding carboxylic acids is 3. The third kappa shape index (κ3) is 7.96. The van der Waals surface area contributed by atoms with E-state index in [1.54, 1.807) is 24.3 Å². The summed E-state index contributed by atoms with van der Waals surface area (Å²) in [4.78, 5) is 35.8. The van der Waals surface area contributed by atoms with Crippen LogP contribution < -0.4 is 16.0 Å². The van der Waals surface area contributed by atoms with Gasteiger partial charge in [0.15, 0.2) is 0 Å². The van der Waals surface area contributed by atoms with Crippen molar-refractivity contribution in [2.75, 3.05) is 36.8 Å². The maximum Gasteiger partial charge on any atom is 0.238 e. The number of nitrogens with one attached hydrogen (secondary N) is 3. The van der Waals surface area contributed by atoms with Crippen molar-refractivity contribution in [3.63, 3.8) is 0 Å². The van der Waals surface area contributed by atoms with Crippen LogP contribution in [-0.4, -0.2) is 48.8 Å². The van der Waals surface area contributed by atoms with E-state index in [0.717, 1.165) is 0 Å². The number of nitrogens with zero attached hydrogens (tertiary/aromatic N) is 1. The van der Waals surface area contributed by atoms with E-state index >= 15 is 0 Å². The standard InChI is InChI=1S/C16H24N4O3/c1-4-20(10-9-17-12(2)21)11-16(23)19-15-7-5-14(6-8-15)18-13(3)22/h5-8H,4,9-11H2,1-3H3,(H,17,21)(H,18,22)(H,19,23). The summed E-state index contributed by atoms with van der Waals surface area (Å²) >= 11 is 0. The average molecular weight is 320 g/mol. The molecule has 0 aliphatic carbocycles. The van der Waals surface area contributed by atoms with Gasteiger partial charge in [-0.3, -0.25) is 19.3 Å². The van der Waals surface area contributed by atoms with Gasteiger partial charge in [-0.25, -0.2) is 0 Å². The molecule has 0 saturated carbocycles. The number of amides is 3. The van der Waals surface area contributed by atoms with E-state index < -0.39 is 0 Å². The van der Waals surface area contributed by atoms with Gasteiger partial charge in [-0.1, -0.05) is 6.92 Å². The predicted molar refractivity (Wildman–Crippen MR) is 90.2 cm³/mol. The normalized spacial score (nSPS) is 10.3. The van der Waals surface area contributed by atoms with Crippen LogP contribution in [0.5, 0.6) is 0 Å². The fraction of sp³-hybridized carbons (Fsp3) is 0.438. The summed E-state index contributed by atoms with van der Waals surface area (Å²) < 4.78 is 0. The number of rotatable bonds is 8. The van der Waals surface area contributed by atoms with Crippen LogP contribution in [0.3, 0.4) is 0 Å². The van der Waals surface area contributed by atoms with Crippen molar-refractivity contribution in [2.24, 2.45) is 0 Å². The van der Waals surface area contributed by atoms with Crippen molar-refractivity contribution < 1.29 is 14.4 Å². The van der Waals surface area contributed by atoms with Crippen molar-refractivity contribution in [1.82, 2.24) is 10.2 Å². The van der Waals surface area contributed by atoms with Gasteiger partial charge in [0.1, 0.15) is 0 Å². The quantitative estimate of drug-likeness (QED) is 0.667. The molecule has 0 aliphatic rings. The first-order chi connectivity index (χ1) is 10.9. The van der Waals surface area contributed by atoms with Crippen LogP contribution in [-0.2, 0) is 14.4 Å². The number of anilines is 2. The number of hydrogen-bond donors (Lipinski definition) is 3. The molecule has 0 atom stereocenters. The molecular formula is C16H24N4O3. The van der Waals surface area contributed by atoms with Gasteiger partial charge in [-0.05, 0) is 30.8 Å². The highest BCUT2D eigenvalue weighted by atomic mass is 16.2. The zero-order valence-corrected chi connectivity index (χ0v) is 13.8. The van der Waals surface area contributed by atoms with Crippen LogP contribution in [0.2, 0.25) is 0 Å². The third-order valence-corrected chi connectivity index (χ3v) is 3.11. The van der Waals surface area contributed by atoms with Crippen LogP contribution in [0.1, 0.15) is 20.8 Å². The van der Waals surface area contributed by atoms with E-state index in [0.29, 0.717) is 31.0 Å². The van der Waals surface area contributed by atoms with Crippen LogP contribution >= 0.6 is 0 Å². The molecule has 0 bridgehead atoms. The van der Waals surface area contributed by atoms with Gasteiger partial charge < -0.3 is 16.0 Å². The minimum Gasteiger partial charge on any atom is -0.355 e. The van der Waals surface area contributed by atoms with E-state index in [-0.39, 0.29) is 24.3 Å². The molecule has 1 aromatic rings. The Bertz CT molecular complexity index is 543. The van der Waals surface area contributed by atoms with Crippen molar-refractivity contribution in [3.05, 3.63) is 24.3 Å². The van der Waals surface area contributed by atoms with Gasteiger partial charge in [0, 0.05) is 38.3 Å². The molecule has 0 unspecified atom stereocenters. The first-order valence-electron chi connectivity index (χ1n) is 7.55. The lowest BCUT2D eigenvalue weighted by molar-refractivity contribution is -0.119. The molecule has 3 amide bonds. The Labute approximate surface area is 136 Å². The molecule has 0 spiro atoms. The predicted octanol–water partition coefficient (Wildman–Crippen LogP) is 1.04. The molecule has 126 valence electrons. The van der Waals surface area contributed by atoms with Gasteiger partial charge in [0.2, 0.25) is 17.7 Å².